The largest absolute Gasteiger partial charge is 0.350 e. The third-order valence-corrected chi connectivity index (χ3v) is 5.67. The van der Waals surface area contributed by atoms with Crippen LogP contribution in [0.4, 0.5) is 14.5 Å². The first-order valence-electron chi connectivity index (χ1n) is 10.9. The fourth-order valence-electron chi connectivity index (χ4n) is 3.32. The number of carbonyl (C=O) groups is 2. The van der Waals surface area contributed by atoms with E-state index in [1.165, 1.54) is 24.4 Å². The van der Waals surface area contributed by atoms with E-state index in [9.17, 15) is 18.4 Å². The Morgan fingerprint density at radius 1 is 1.05 bits per heavy atom. The second-order valence-electron chi connectivity index (χ2n) is 8.11. The van der Waals surface area contributed by atoms with Crippen molar-refractivity contribution in [2.24, 2.45) is 0 Å². The van der Waals surface area contributed by atoms with Gasteiger partial charge in [0.2, 0.25) is 5.82 Å². The van der Waals surface area contributed by atoms with Gasteiger partial charge in [0.25, 0.3) is 11.8 Å². The van der Waals surface area contributed by atoms with Gasteiger partial charge in [-0.25, -0.2) is 18.4 Å². The average Bonchev–Trinajstić information content (AvgIpc) is 3.48. The number of hydrogen-bond acceptors (Lipinski definition) is 7. The third kappa shape index (κ3) is 6.06. The smallest absolute Gasteiger partial charge is 0.301 e. The molecule has 4 aromatic rings. The van der Waals surface area contributed by atoms with Gasteiger partial charge in [-0.15, -0.1) is 10.2 Å². The highest BCUT2D eigenvalue weighted by Crippen LogP contribution is 2.31. The van der Waals surface area contributed by atoms with Crippen molar-refractivity contribution in [1.29, 1.82) is 0 Å². The molecule has 3 aromatic heterocycles. The molecular formula is C22H18Cl3F2N9O2. The highest BCUT2D eigenvalue weighted by molar-refractivity contribution is 6.38. The lowest BCUT2D eigenvalue weighted by molar-refractivity contribution is 0.0944. The van der Waals surface area contributed by atoms with Gasteiger partial charge in [-0.2, -0.15) is 9.90 Å². The van der Waals surface area contributed by atoms with Crippen molar-refractivity contribution in [3.8, 4) is 5.82 Å². The number of alkyl halides is 2. The van der Waals surface area contributed by atoms with Crippen molar-refractivity contribution < 1.29 is 18.4 Å². The number of halogens is 5. The summed E-state index contributed by atoms with van der Waals surface area (Å²) in [5, 5.41) is 20.6. The van der Waals surface area contributed by atoms with Gasteiger partial charge in [0, 0.05) is 17.3 Å². The molecule has 0 saturated carbocycles. The molecule has 0 aliphatic heterocycles. The first-order chi connectivity index (χ1) is 18.0. The molecular weight excluding hydrogens is 567 g/mol. The molecule has 0 aliphatic carbocycles. The zero-order valence-electron chi connectivity index (χ0n) is 19.7. The molecule has 38 heavy (non-hydrogen) atoms. The quantitative estimate of drug-likeness (QED) is 0.310. The van der Waals surface area contributed by atoms with E-state index >= 15 is 0 Å². The number of nitrogens with one attached hydrogen (secondary N) is 2. The maximum absolute atomic E-state index is 13.5. The summed E-state index contributed by atoms with van der Waals surface area (Å²) in [5.41, 5.74) is 0.198. The Labute approximate surface area is 229 Å². The number of hydrogen-bond donors (Lipinski definition) is 2. The number of nitrogens with zero attached hydrogens (tertiary/aromatic N) is 7. The van der Waals surface area contributed by atoms with Gasteiger partial charge in [-0.1, -0.05) is 34.8 Å². The van der Waals surface area contributed by atoms with Gasteiger partial charge in [-0.05, 0) is 49.4 Å². The molecule has 0 unspecified atom stereocenters. The fourth-order valence-corrected chi connectivity index (χ4v) is 4.06. The summed E-state index contributed by atoms with van der Waals surface area (Å²) < 4.78 is 26.9. The Kier molecular flexibility index (Phi) is 8.19. The van der Waals surface area contributed by atoms with Crippen LogP contribution in [0.2, 0.25) is 15.1 Å². The molecule has 11 nitrogen and oxygen atoms in total. The third-order valence-electron chi connectivity index (χ3n) is 4.86. The second-order valence-corrected chi connectivity index (χ2v) is 9.36. The Balaban J connectivity index is 1.74. The molecule has 0 atom stereocenters. The highest BCUT2D eigenvalue weighted by atomic mass is 35.5. The molecule has 0 fully saturated rings. The molecule has 0 spiro atoms. The predicted octanol–water partition coefficient (Wildman–Crippen LogP) is 4.59. The summed E-state index contributed by atoms with van der Waals surface area (Å²) in [6, 6.07) is 7.05. The molecule has 4 rings (SSSR count). The van der Waals surface area contributed by atoms with Crippen LogP contribution in [-0.4, -0.2) is 52.8 Å². The number of anilines is 1. The minimum absolute atomic E-state index is 0.0140. The fraction of sp³-hybridized carbons (Fsp3) is 0.227. The molecule has 3 heterocycles. The van der Waals surface area contributed by atoms with Crippen molar-refractivity contribution in [1.82, 2.24) is 40.3 Å². The van der Waals surface area contributed by atoms with Crippen molar-refractivity contribution in [3.63, 3.8) is 0 Å². The SMILES string of the molecule is CC(C)NC(=O)c1cc(Cl)cc(Cl)c1NC(=O)c1cc(Cn2nnc(C(F)F)n2)nn1-c1ncccc1Cl. The zero-order valence-corrected chi connectivity index (χ0v) is 21.9. The Morgan fingerprint density at radius 2 is 1.82 bits per heavy atom. The number of carbonyl (C=O) groups excluding carboxylic acids is 2. The van der Waals surface area contributed by atoms with Crippen LogP contribution in [0.3, 0.4) is 0 Å². The molecule has 0 aliphatic rings. The topological polar surface area (TPSA) is 133 Å². The number of pyridine rings is 1. The first-order valence-corrected chi connectivity index (χ1v) is 12.0. The lowest BCUT2D eigenvalue weighted by Gasteiger charge is -2.15. The van der Waals surface area contributed by atoms with Gasteiger partial charge in [0.15, 0.2) is 5.82 Å². The van der Waals surface area contributed by atoms with E-state index < -0.39 is 24.1 Å². The van der Waals surface area contributed by atoms with E-state index in [0.717, 1.165) is 9.48 Å². The number of benzene rings is 1. The zero-order chi connectivity index (χ0) is 27.6. The molecule has 0 bridgehead atoms. The van der Waals surface area contributed by atoms with E-state index in [0.29, 0.717) is 0 Å². The highest BCUT2D eigenvalue weighted by Gasteiger charge is 2.24. The van der Waals surface area contributed by atoms with E-state index in [1.807, 2.05) is 0 Å². The van der Waals surface area contributed by atoms with Crippen LogP contribution in [0.15, 0.2) is 36.5 Å². The molecule has 2 N–H and O–H groups in total. The molecule has 16 heteroatoms. The number of tetrazole rings is 1. The summed E-state index contributed by atoms with van der Waals surface area (Å²) in [4.78, 5) is 31.4. The van der Waals surface area contributed by atoms with Crippen LogP contribution < -0.4 is 10.6 Å². The van der Waals surface area contributed by atoms with Crippen LogP contribution in [0.5, 0.6) is 0 Å². The summed E-state index contributed by atoms with van der Waals surface area (Å²) in [6.45, 7) is 3.35. The van der Waals surface area contributed by atoms with Crippen molar-refractivity contribution >= 4 is 52.3 Å². The lowest BCUT2D eigenvalue weighted by Crippen LogP contribution is -2.31. The second kappa shape index (κ2) is 11.4. The number of aromatic nitrogens is 7. The van der Waals surface area contributed by atoms with Crippen LogP contribution >= 0.6 is 34.8 Å². The summed E-state index contributed by atoms with van der Waals surface area (Å²) in [7, 11) is 0. The van der Waals surface area contributed by atoms with Crippen LogP contribution in [0.25, 0.3) is 5.82 Å². The predicted molar refractivity (Wildman–Crippen MR) is 135 cm³/mol. The maximum Gasteiger partial charge on any atom is 0.301 e. The monoisotopic (exact) mass is 583 g/mol. The van der Waals surface area contributed by atoms with Crippen LogP contribution in [-0.2, 0) is 6.54 Å². The summed E-state index contributed by atoms with van der Waals surface area (Å²) in [5.74, 6) is -1.87. The summed E-state index contributed by atoms with van der Waals surface area (Å²) >= 11 is 18.7. The van der Waals surface area contributed by atoms with Gasteiger partial charge >= 0.3 is 6.43 Å². The summed E-state index contributed by atoms with van der Waals surface area (Å²) in [6.07, 6.45) is -1.45. The Morgan fingerprint density at radius 3 is 2.47 bits per heavy atom. The molecule has 0 saturated heterocycles. The van der Waals surface area contributed by atoms with Crippen molar-refractivity contribution in [2.75, 3.05) is 5.32 Å². The van der Waals surface area contributed by atoms with Crippen molar-refractivity contribution in [2.45, 2.75) is 32.9 Å². The molecule has 2 amide bonds. The van der Waals surface area contributed by atoms with Crippen molar-refractivity contribution in [3.05, 3.63) is 74.4 Å². The number of rotatable bonds is 8. The number of amides is 2. The van der Waals surface area contributed by atoms with Gasteiger partial charge in [-0.3, -0.25) is 9.59 Å². The maximum atomic E-state index is 13.5. The van der Waals surface area contributed by atoms with E-state index in [-0.39, 0.29) is 56.1 Å². The van der Waals surface area contributed by atoms with Gasteiger partial charge < -0.3 is 10.6 Å². The van der Waals surface area contributed by atoms with Gasteiger partial charge in [0.1, 0.15) is 12.2 Å². The minimum Gasteiger partial charge on any atom is -0.350 e. The molecule has 198 valence electrons. The Bertz CT molecular complexity index is 1510. The van der Waals surface area contributed by atoms with Gasteiger partial charge in [0.05, 0.1) is 27.0 Å². The lowest BCUT2D eigenvalue weighted by atomic mass is 10.1. The van der Waals surface area contributed by atoms with Crippen LogP contribution in [0, 0.1) is 0 Å². The standard InChI is InChI=1S/C22H18Cl3F2N9O2/c1-10(2)29-21(37)13-6-11(23)7-15(25)17(13)30-22(38)16-8-12(9-35-33-19(18(26)27)31-34-35)32-36(16)20-14(24)4-3-5-28-20/h3-8,10,18H,9H2,1-2H3,(H,29,37)(H,30,38). The first kappa shape index (κ1) is 27.4. The minimum atomic E-state index is -2.90. The average molecular weight is 585 g/mol. The Hall–Kier alpha value is -3.68. The normalized spacial score (nSPS) is 11.3. The molecule has 0 radical (unpaired) electrons. The van der Waals surface area contributed by atoms with E-state index in [4.69, 9.17) is 34.8 Å². The van der Waals surface area contributed by atoms with E-state index in [2.05, 4.69) is 36.1 Å². The molecule has 1 aromatic carbocycles. The van der Waals surface area contributed by atoms with E-state index in [1.54, 1.807) is 26.0 Å². The van der Waals surface area contributed by atoms with Crippen LogP contribution in [0.1, 0.15) is 52.6 Å².